The Morgan fingerprint density at radius 2 is 1.97 bits per heavy atom. The van der Waals surface area contributed by atoms with Gasteiger partial charge in [-0.1, -0.05) is 50.4 Å². The highest BCUT2D eigenvalue weighted by molar-refractivity contribution is 7.89. The lowest BCUT2D eigenvalue weighted by Crippen LogP contribution is -2.57. The van der Waals surface area contributed by atoms with Crippen molar-refractivity contribution >= 4 is 33.2 Å². The summed E-state index contributed by atoms with van der Waals surface area (Å²) in [6.07, 6.45) is 6.34. The maximum Gasteiger partial charge on any atom is 0.241 e. The number of carbonyl (C=O) groups is 1. The number of fused-ring (bicyclic) bond motifs is 2. The third kappa shape index (κ3) is 6.97. The average molecular weight is 580 g/mol. The molecule has 4 N–H and O–H groups in total. The van der Waals surface area contributed by atoms with Gasteiger partial charge in [0.1, 0.15) is 5.82 Å². The van der Waals surface area contributed by atoms with Crippen LogP contribution in [0, 0.1) is 11.7 Å². The zero-order chi connectivity index (χ0) is 28.2. The van der Waals surface area contributed by atoms with E-state index in [1.165, 1.54) is 6.20 Å². The van der Waals surface area contributed by atoms with Crippen LogP contribution in [0.4, 0.5) is 10.1 Å². The Labute approximate surface area is 235 Å². The third-order valence-electron chi connectivity index (χ3n) is 8.25. The number of rotatable bonds is 10. The summed E-state index contributed by atoms with van der Waals surface area (Å²) in [6.45, 7) is 5.10. The molecule has 5 unspecified atom stereocenters. The lowest BCUT2D eigenvalue weighted by Gasteiger charge is -2.37. The number of nitrogens with zero attached hydrogens (tertiary/aromatic N) is 2. The van der Waals surface area contributed by atoms with Crippen LogP contribution in [0.5, 0.6) is 0 Å². The molecule has 8 nitrogen and oxygen atoms in total. The highest BCUT2D eigenvalue weighted by Crippen LogP contribution is 2.34. The quantitative estimate of drug-likeness (QED) is 0.391. The molecule has 1 amide bonds. The van der Waals surface area contributed by atoms with Gasteiger partial charge in [0.05, 0.1) is 29.9 Å². The fourth-order valence-electron chi connectivity index (χ4n) is 6.01. The SMILES string of the molecule is CCC(CC)C(c1ccc(Cl)cc1)C(N)C(=O)Nc1cncc(F)c1CCC1CNC2CCCS(=O)(=O)N1C2. The van der Waals surface area contributed by atoms with Crippen molar-refractivity contribution < 1.29 is 17.6 Å². The van der Waals surface area contributed by atoms with Crippen LogP contribution in [0.3, 0.4) is 0 Å². The molecule has 2 fully saturated rings. The smallest absolute Gasteiger partial charge is 0.241 e. The molecule has 2 aliphatic rings. The van der Waals surface area contributed by atoms with Crippen molar-refractivity contribution in [3.8, 4) is 0 Å². The molecule has 11 heteroatoms. The van der Waals surface area contributed by atoms with Crippen molar-refractivity contribution in [3.05, 3.63) is 58.6 Å². The molecule has 2 aromatic rings. The van der Waals surface area contributed by atoms with Gasteiger partial charge in [0.25, 0.3) is 0 Å². The first kappa shape index (κ1) is 29.9. The Bertz CT molecular complexity index is 1240. The number of amides is 1. The molecule has 214 valence electrons. The van der Waals surface area contributed by atoms with E-state index in [4.69, 9.17) is 17.3 Å². The second kappa shape index (κ2) is 13.0. The van der Waals surface area contributed by atoms with Gasteiger partial charge < -0.3 is 16.4 Å². The molecule has 4 rings (SSSR count). The minimum atomic E-state index is -3.36. The molecular formula is C28H39ClFN5O3S. The predicted octanol–water partition coefficient (Wildman–Crippen LogP) is 4.06. The molecule has 1 aromatic heterocycles. The van der Waals surface area contributed by atoms with Gasteiger partial charge in [0.2, 0.25) is 15.9 Å². The van der Waals surface area contributed by atoms with Gasteiger partial charge in [-0.3, -0.25) is 9.78 Å². The van der Waals surface area contributed by atoms with Crippen molar-refractivity contribution in [2.24, 2.45) is 11.7 Å². The number of nitrogens with two attached hydrogens (primary N) is 1. The van der Waals surface area contributed by atoms with Crippen molar-refractivity contribution in [2.45, 2.75) is 76.4 Å². The minimum Gasteiger partial charge on any atom is -0.323 e. The molecule has 3 heterocycles. The van der Waals surface area contributed by atoms with Gasteiger partial charge in [0.15, 0.2) is 0 Å². The molecule has 0 spiro atoms. The minimum absolute atomic E-state index is 0.135. The van der Waals surface area contributed by atoms with E-state index >= 15 is 4.39 Å². The Kier molecular flexibility index (Phi) is 9.98. The van der Waals surface area contributed by atoms with Crippen LogP contribution in [0.2, 0.25) is 5.02 Å². The summed E-state index contributed by atoms with van der Waals surface area (Å²) in [5.74, 6) is -0.925. The molecule has 0 radical (unpaired) electrons. The number of halogens is 2. The van der Waals surface area contributed by atoms with Crippen LogP contribution in [-0.2, 0) is 21.2 Å². The number of hydrogen-bond donors (Lipinski definition) is 3. The van der Waals surface area contributed by atoms with Gasteiger partial charge in [-0.2, -0.15) is 4.31 Å². The number of benzene rings is 1. The lowest BCUT2D eigenvalue weighted by molar-refractivity contribution is -0.118. The van der Waals surface area contributed by atoms with E-state index in [-0.39, 0.29) is 41.8 Å². The molecule has 0 aliphatic carbocycles. The van der Waals surface area contributed by atoms with E-state index in [1.807, 2.05) is 12.1 Å². The summed E-state index contributed by atoms with van der Waals surface area (Å²) in [7, 11) is -3.36. The Morgan fingerprint density at radius 1 is 1.26 bits per heavy atom. The number of hydrogen-bond acceptors (Lipinski definition) is 6. The topological polar surface area (TPSA) is 117 Å². The van der Waals surface area contributed by atoms with E-state index in [0.717, 1.165) is 31.0 Å². The van der Waals surface area contributed by atoms with Crippen LogP contribution in [0.15, 0.2) is 36.7 Å². The van der Waals surface area contributed by atoms with E-state index in [0.29, 0.717) is 36.5 Å². The largest absolute Gasteiger partial charge is 0.323 e. The number of piperazine rings is 1. The van der Waals surface area contributed by atoms with Crippen LogP contribution in [-0.4, -0.2) is 60.6 Å². The summed E-state index contributed by atoms with van der Waals surface area (Å²) < 4.78 is 42.3. The number of nitrogens with one attached hydrogen (secondary N) is 2. The molecule has 0 saturated carbocycles. The van der Waals surface area contributed by atoms with Crippen LogP contribution in [0.25, 0.3) is 0 Å². The standard InChI is InChI=1S/C28H39ClFN5O3S/c1-3-18(4-2)26(19-7-9-20(29)10-8-19)27(31)28(36)34-25-16-32-15-24(30)23(25)12-11-22-14-33-21-6-5-13-39(37,38)35(22)17-21/h7-10,15-16,18,21-22,26-27,33H,3-6,11-14,17,31H2,1-2H3,(H,34,36). The van der Waals surface area contributed by atoms with Crippen molar-refractivity contribution in [1.82, 2.24) is 14.6 Å². The van der Waals surface area contributed by atoms with Crippen molar-refractivity contribution in [1.29, 1.82) is 0 Å². The molecule has 39 heavy (non-hydrogen) atoms. The molecular weight excluding hydrogens is 541 g/mol. The fourth-order valence-corrected chi connectivity index (χ4v) is 7.95. The first-order valence-corrected chi connectivity index (χ1v) is 15.8. The van der Waals surface area contributed by atoms with Crippen molar-refractivity contribution in [3.63, 3.8) is 0 Å². The lowest BCUT2D eigenvalue weighted by atomic mass is 9.77. The van der Waals surface area contributed by atoms with E-state index in [2.05, 4.69) is 29.5 Å². The number of aromatic nitrogens is 1. The van der Waals surface area contributed by atoms with Gasteiger partial charge in [-0.25, -0.2) is 12.8 Å². The second-order valence-corrected chi connectivity index (χ2v) is 13.1. The van der Waals surface area contributed by atoms with Crippen molar-refractivity contribution in [2.75, 3.05) is 24.2 Å². The van der Waals surface area contributed by atoms with Crippen LogP contribution < -0.4 is 16.4 Å². The first-order chi connectivity index (χ1) is 18.6. The Balaban J connectivity index is 1.52. The summed E-state index contributed by atoms with van der Waals surface area (Å²) in [4.78, 5) is 17.4. The Hall–Kier alpha value is -2.11. The van der Waals surface area contributed by atoms with Crippen LogP contribution >= 0.6 is 11.6 Å². The first-order valence-electron chi connectivity index (χ1n) is 13.8. The third-order valence-corrected chi connectivity index (χ3v) is 10.5. The number of pyridine rings is 1. The zero-order valence-electron chi connectivity index (χ0n) is 22.6. The average Bonchev–Trinajstić information content (AvgIpc) is 3.03. The van der Waals surface area contributed by atoms with Gasteiger partial charge in [-0.15, -0.1) is 0 Å². The highest BCUT2D eigenvalue weighted by Gasteiger charge is 2.38. The number of anilines is 1. The van der Waals surface area contributed by atoms with E-state index in [9.17, 15) is 13.2 Å². The molecule has 2 aliphatic heterocycles. The normalized spacial score (nSPS) is 24.1. The van der Waals surface area contributed by atoms with E-state index in [1.54, 1.807) is 16.4 Å². The monoisotopic (exact) mass is 579 g/mol. The number of carbonyl (C=O) groups excluding carboxylic acids is 1. The predicted molar refractivity (Wildman–Crippen MR) is 153 cm³/mol. The Morgan fingerprint density at radius 3 is 2.67 bits per heavy atom. The molecule has 2 saturated heterocycles. The molecule has 1 aromatic carbocycles. The molecule has 2 bridgehead atoms. The zero-order valence-corrected chi connectivity index (χ0v) is 24.1. The maximum absolute atomic E-state index is 15.0. The molecule has 5 atom stereocenters. The highest BCUT2D eigenvalue weighted by atomic mass is 35.5. The van der Waals surface area contributed by atoms with Gasteiger partial charge in [0, 0.05) is 41.7 Å². The maximum atomic E-state index is 15.0. The summed E-state index contributed by atoms with van der Waals surface area (Å²) in [5, 5.41) is 6.87. The van der Waals surface area contributed by atoms with Gasteiger partial charge >= 0.3 is 0 Å². The summed E-state index contributed by atoms with van der Waals surface area (Å²) in [5.41, 5.74) is 8.05. The summed E-state index contributed by atoms with van der Waals surface area (Å²) >= 11 is 6.09. The fraction of sp³-hybridized carbons (Fsp3) is 0.571. The van der Waals surface area contributed by atoms with Crippen LogP contribution in [0.1, 0.15) is 63.0 Å². The van der Waals surface area contributed by atoms with Gasteiger partial charge in [-0.05, 0) is 49.3 Å². The second-order valence-electron chi connectivity index (χ2n) is 10.6. The van der Waals surface area contributed by atoms with E-state index < -0.39 is 27.8 Å². The number of sulfonamides is 1. The summed E-state index contributed by atoms with van der Waals surface area (Å²) in [6, 6.07) is 6.36.